The van der Waals surface area contributed by atoms with Gasteiger partial charge in [0.2, 0.25) is 5.91 Å². The fourth-order valence-corrected chi connectivity index (χ4v) is 1.95. The van der Waals surface area contributed by atoms with Gasteiger partial charge in [-0.2, -0.15) is 0 Å². The Kier molecular flexibility index (Phi) is 3.45. The standard InChI is InChI=1S/C14H20BNO3/c1-10(17)16-12-8-6-7-11(9-12)15-18-13(2,3)14(4,5)19-15/h6-9H,1-5H3,(H,16,17). The van der Waals surface area contributed by atoms with E-state index in [2.05, 4.69) is 5.32 Å². The zero-order valence-corrected chi connectivity index (χ0v) is 12.1. The van der Waals surface area contributed by atoms with E-state index < -0.39 is 7.12 Å². The van der Waals surface area contributed by atoms with E-state index in [9.17, 15) is 4.79 Å². The van der Waals surface area contributed by atoms with Crippen molar-refractivity contribution in [1.82, 2.24) is 0 Å². The predicted molar refractivity (Wildman–Crippen MR) is 76.5 cm³/mol. The Hall–Kier alpha value is -1.33. The molecule has 0 bridgehead atoms. The summed E-state index contributed by atoms with van der Waals surface area (Å²) in [5.74, 6) is -0.0916. The molecule has 4 nitrogen and oxygen atoms in total. The molecule has 1 saturated heterocycles. The highest BCUT2D eigenvalue weighted by atomic mass is 16.7. The fourth-order valence-electron chi connectivity index (χ4n) is 1.95. The quantitative estimate of drug-likeness (QED) is 0.827. The number of hydrogen-bond acceptors (Lipinski definition) is 3. The molecule has 0 aromatic heterocycles. The summed E-state index contributed by atoms with van der Waals surface area (Å²) in [6.07, 6.45) is 0. The highest BCUT2D eigenvalue weighted by molar-refractivity contribution is 6.62. The molecular formula is C14H20BNO3. The molecule has 1 aliphatic rings. The van der Waals surface area contributed by atoms with Gasteiger partial charge in [-0.25, -0.2) is 0 Å². The third kappa shape index (κ3) is 2.82. The van der Waals surface area contributed by atoms with Crippen LogP contribution in [0.15, 0.2) is 24.3 Å². The summed E-state index contributed by atoms with van der Waals surface area (Å²) in [6, 6.07) is 7.54. The average Bonchev–Trinajstić information content (AvgIpc) is 2.47. The molecule has 1 aliphatic heterocycles. The van der Waals surface area contributed by atoms with E-state index >= 15 is 0 Å². The zero-order chi connectivity index (χ0) is 14.3. The number of carbonyl (C=O) groups is 1. The van der Waals surface area contributed by atoms with E-state index in [1.54, 1.807) is 0 Å². The van der Waals surface area contributed by atoms with Crippen LogP contribution in [0.25, 0.3) is 0 Å². The molecule has 1 N–H and O–H groups in total. The van der Waals surface area contributed by atoms with Crippen LogP contribution in [0.1, 0.15) is 34.6 Å². The van der Waals surface area contributed by atoms with Crippen molar-refractivity contribution < 1.29 is 14.1 Å². The van der Waals surface area contributed by atoms with Gasteiger partial charge in [-0.05, 0) is 45.3 Å². The minimum atomic E-state index is -0.404. The first kappa shape index (κ1) is 14.1. The molecule has 1 amide bonds. The van der Waals surface area contributed by atoms with Crippen LogP contribution in [0.3, 0.4) is 0 Å². The lowest BCUT2D eigenvalue weighted by molar-refractivity contribution is -0.114. The van der Waals surface area contributed by atoms with Gasteiger partial charge in [0.05, 0.1) is 11.2 Å². The molecule has 0 spiro atoms. The summed E-state index contributed by atoms with van der Waals surface area (Å²) in [6.45, 7) is 9.56. The molecule has 1 fully saturated rings. The molecule has 5 heteroatoms. The third-order valence-electron chi connectivity index (χ3n) is 3.73. The van der Waals surface area contributed by atoms with Crippen molar-refractivity contribution in [2.75, 3.05) is 5.32 Å². The summed E-state index contributed by atoms with van der Waals surface area (Å²) < 4.78 is 12.0. The Labute approximate surface area is 114 Å². The molecule has 102 valence electrons. The number of anilines is 1. The number of carbonyl (C=O) groups excluding carboxylic acids is 1. The minimum absolute atomic E-state index is 0.0916. The summed E-state index contributed by atoms with van der Waals surface area (Å²) in [5.41, 5.74) is 0.938. The van der Waals surface area contributed by atoms with Crippen LogP contribution < -0.4 is 10.8 Å². The average molecular weight is 261 g/mol. The number of nitrogens with one attached hydrogen (secondary N) is 1. The molecule has 1 aromatic carbocycles. The van der Waals surface area contributed by atoms with E-state index in [4.69, 9.17) is 9.31 Å². The van der Waals surface area contributed by atoms with Crippen LogP contribution in [-0.4, -0.2) is 24.2 Å². The van der Waals surface area contributed by atoms with E-state index in [0.717, 1.165) is 11.2 Å². The normalized spacial score (nSPS) is 20.4. The van der Waals surface area contributed by atoms with E-state index in [1.807, 2.05) is 52.0 Å². The first-order valence-electron chi connectivity index (χ1n) is 6.44. The van der Waals surface area contributed by atoms with Crippen LogP contribution in [0, 0.1) is 0 Å². The highest BCUT2D eigenvalue weighted by Gasteiger charge is 2.51. The topological polar surface area (TPSA) is 47.6 Å². The minimum Gasteiger partial charge on any atom is -0.399 e. The molecule has 0 atom stereocenters. The SMILES string of the molecule is CC(=O)Nc1cccc(B2OC(C)(C)C(C)(C)O2)c1. The Morgan fingerprint density at radius 1 is 1.16 bits per heavy atom. The van der Waals surface area contributed by atoms with Gasteiger partial charge in [-0.15, -0.1) is 0 Å². The van der Waals surface area contributed by atoms with Gasteiger partial charge in [-0.3, -0.25) is 4.79 Å². The lowest BCUT2D eigenvalue weighted by Crippen LogP contribution is -2.41. The third-order valence-corrected chi connectivity index (χ3v) is 3.73. The maximum atomic E-state index is 11.1. The van der Waals surface area contributed by atoms with Gasteiger partial charge in [0.25, 0.3) is 0 Å². The molecule has 1 heterocycles. The molecule has 0 radical (unpaired) electrons. The zero-order valence-electron chi connectivity index (χ0n) is 12.1. The van der Waals surface area contributed by atoms with Gasteiger partial charge in [0, 0.05) is 12.6 Å². The van der Waals surface area contributed by atoms with Crippen LogP contribution >= 0.6 is 0 Å². The number of benzene rings is 1. The van der Waals surface area contributed by atoms with Crippen LogP contribution in [0.4, 0.5) is 5.69 Å². The van der Waals surface area contributed by atoms with Crippen molar-refractivity contribution in [3.8, 4) is 0 Å². The summed E-state index contributed by atoms with van der Waals surface area (Å²) in [7, 11) is -0.404. The lowest BCUT2D eigenvalue weighted by atomic mass is 9.79. The van der Waals surface area contributed by atoms with Crippen LogP contribution in [0.5, 0.6) is 0 Å². The summed E-state index contributed by atoms with van der Waals surface area (Å²) in [5, 5.41) is 2.76. The van der Waals surface area contributed by atoms with Gasteiger partial charge in [0.1, 0.15) is 0 Å². The molecule has 2 rings (SSSR count). The van der Waals surface area contributed by atoms with E-state index in [1.165, 1.54) is 6.92 Å². The van der Waals surface area contributed by atoms with Crippen molar-refractivity contribution in [3.05, 3.63) is 24.3 Å². The van der Waals surface area contributed by atoms with Crippen LogP contribution in [-0.2, 0) is 14.1 Å². The number of hydrogen-bond donors (Lipinski definition) is 1. The molecule has 0 unspecified atom stereocenters. The van der Waals surface area contributed by atoms with Crippen LogP contribution in [0.2, 0.25) is 0 Å². The van der Waals surface area contributed by atoms with Crippen molar-refractivity contribution in [2.45, 2.75) is 45.8 Å². The Morgan fingerprint density at radius 2 is 1.74 bits per heavy atom. The molecular weight excluding hydrogens is 241 g/mol. The summed E-state index contributed by atoms with van der Waals surface area (Å²) in [4.78, 5) is 11.1. The Bertz CT molecular complexity index is 483. The van der Waals surface area contributed by atoms with Gasteiger partial charge < -0.3 is 14.6 Å². The predicted octanol–water partition coefficient (Wildman–Crippen LogP) is 1.94. The molecule has 1 aromatic rings. The monoisotopic (exact) mass is 261 g/mol. The van der Waals surface area contributed by atoms with Gasteiger partial charge in [-0.1, -0.05) is 12.1 Å². The first-order valence-corrected chi connectivity index (χ1v) is 6.44. The van der Waals surface area contributed by atoms with Crippen molar-refractivity contribution in [1.29, 1.82) is 0 Å². The molecule has 0 aliphatic carbocycles. The number of amides is 1. The van der Waals surface area contributed by atoms with Crippen molar-refractivity contribution in [2.24, 2.45) is 0 Å². The number of rotatable bonds is 2. The van der Waals surface area contributed by atoms with Gasteiger partial charge in [0.15, 0.2) is 0 Å². The smallest absolute Gasteiger partial charge is 0.399 e. The second-order valence-electron chi connectivity index (χ2n) is 5.89. The second-order valence-corrected chi connectivity index (χ2v) is 5.89. The van der Waals surface area contributed by atoms with Gasteiger partial charge >= 0.3 is 7.12 Å². The second kappa shape index (κ2) is 4.65. The van der Waals surface area contributed by atoms with Crippen molar-refractivity contribution >= 4 is 24.2 Å². The fraction of sp³-hybridized carbons (Fsp3) is 0.500. The molecule has 0 saturated carbocycles. The van der Waals surface area contributed by atoms with E-state index in [-0.39, 0.29) is 17.1 Å². The van der Waals surface area contributed by atoms with Crippen molar-refractivity contribution in [3.63, 3.8) is 0 Å². The first-order chi connectivity index (χ1) is 8.71. The maximum absolute atomic E-state index is 11.1. The largest absolute Gasteiger partial charge is 0.494 e. The highest BCUT2D eigenvalue weighted by Crippen LogP contribution is 2.36. The maximum Gasteiger partial charge on any atom is 0.494 e. The Morgan fingerprint density at radius 3 is 2.26 bits per heavy atom. The van der Waals surface area contributed by atoms with E-state index in [0.29, 0.717) is 0 Å². The summed E-state index contributed by atoms with van der Waals surface area (Å²) >= 11 is 0. The lowest BCUT2D eigenvalue weighted by Gasteiger charge is -2.32. The molecule has 19 heavy (non-hydrogen) atoms. The Balaban J connectivity index is 2.22.